The summed E-state index contributed by atoms with van der Waals surface area (Å²) in [6, 6.07) is 11.1. The first kappa shape index (κ1) is 20.6. The van der Waals surface area contributed by atoms with E-state index in [1.54, 1.807) is 25.3 Å². The number of hydrogen-bond donors (Lipinski definition) is 0. The van der Waals surface area contributed by atoms with Crippen LogP contribution in [0.4, 0.5) is 0 Å². The highest BCUT2D eigenvalue weighted by Gasteiger charge is 2.14. The van der Waals surface area contributed by atoms with Crippen molar-refractivity contribution in [3.05, 3.63) is 64.7 Å². The van der Waals surface area contributed by atoms with Gasteiger partial charge in [-0.05, 0) is 73.6 Å². The number of methoxy groups -OCH3 is 1. The highest BCUT2D eigenvalue weighted by atomic mass is 16.5. The summed E-state index contributed by atoms with van der Waals surface area (Å²) in [5, 5.41) is 0. The first-order valence-corrected chi connectivity index (χ1v) is 9.91. The molecule has 152 valence electrons. The number of ketones is 1. The quantitative estimate of drug-likeness (QED) is 0.377. The molecule has 0 fully saturated rings. The lowest BCUT2D eigenvalue weighted by Crippen LogP contribution is -2.13. The third-order valence-electron chi connectivity index (χ3n) is 4.92. The van der Waals surface area contributed by atoms with Crippen LogP contribution in [-0.2, 0) is 22.4 Å². The van der Waals surface area contributed by atoms with Crippen LogP contribution >= 0.6 is 0 Å². The molecule has 0 spiro atoms. The van der Waals surface area contributed by atoms with Crippen LogP contribution in [0.5, 0.6) is 11.5 Å². The van der Waals surface area contributed by atoms with Crippen molar-refractivity contribution in [3.8, 4) is 11.5 Å². The van der Waals surface area contributed by atoms with Gasteiger partial charge >= 0.3 is 5.97 Å². The number of rotatable bonds is 8. The van der Waals surface area contributed by atoms with Crippen molar-refractivity contribution in [2.45, 2.75) is 32.6 Å². The largest absolute Gasteiger partial charge is 0.493 e. The SMILES string of the molecule is CCOc1ccc(/C=C/C(=O)OCC(=O)c2ccc3c(c2)CCCC3)cc1OC. The summed E-state index contributed by atoms with van der Waals surface area (Å²) in [6.07, 6.45) is 7.34. The number of hydrogen-bond acceptors (Lipinski definition) is 5. The molecule has 5 heteroatoms. The molecule has 29 heavy (non-hydrogen) atoms. The smallest absolute Gasteiger partial charge is 0.331 e. The fraction of sp³-hybridized carbons (Fsp3) is 0.333. The van der Waals surface area contributed by atoms with E-state index in [0.717, 1.165) is 24.8 Å². The number of aryl methyl sites for hydroxylation is 2. The molecule has 0 atom stereocenters. The molecule has 0 radical (unpaired) electrons. The highest BCUT2D eigenvalue weighted by molar-refractivity contribution is 5.99. The van der Waals surface area contributed by atoms with Gasteiger partial charge in [0.25, 0.3) is 0 Å². The van der Waals surface area contributed by atoms with E-state index in [-0.39, 0.29) is 12.4 Å². The number of carbonyl (C=O) groups excluding carboxylic acids is 2. The van der Waals surface area contributed by atoms with Crippen molar-refractivity contribution in [1.29, 1.82) is 0 Å². The van der Waals surface area contributed by atoms with Crippen LogP contribution in [-0.4, -0.2) is 32.1 Å². The van der Waals surface area contributed by atoms with E-state index in [1.165, 1.54) is 23.6 Å². The Morgan fingerprint density at radius 3 is 2.55 bits per heavy atom. The fourth-order valence-electron chi connectivity index (χ4n) is 3.40. The van der Waals surface area contributed by atoms with Gasteiger partial charge in [0.05, 0.1) is 13.7 Å². The Morgan fingerprint density at radius 1 is 1.00 bits per heavy atom. The van der Waals surface area contributed by atoms with E-state index in [0.29, 0.717) is 23.7 Å². The Hall–Kier alpha value is -3.08. The minimum atomic E-state index is -0.566. The topological polar surface area (TPSA) is 61.8 Å². The van der Waals surface area contributed by atoms with Crippen LogP contribution in [0, 0.1) is 0 Å². The standard InChI is InChI=1S/C24H26O5/c1-3-28-22-12-8-17(14-23(22)27-2)9-13-24(26)29-16-21(25)20-11-10-18-6-4-5-7-19(18)15-20/h8-15H,3-7,16H2,1-2H3/b13-9+. The van der Waals surface area contributed by atoms with Gasteiger partial charge in [-0.1, -0.05) is 18.2 Å². The van der Waals surface area contributed by atoms with Crippen LogP contribution < -0.4 is 9.47 Å². The maximum Gasteiger partial charge on any atom is 0.331 e. The van der Waals surface area contributed by atoms with Gasteiger partial charge in [0.15, 0.2) is 23.9 Å². The molecule has 0 aromatic heterocycles. The summed E-state index contributed by atoms with van der Waals surface area (Å²) < 4.78 is 15.9. The molecular formula is C24H26O5. The van der Waals surface area contributed by atoms with Gasteiger partial charge in [-0.2, -0.15) is 0 Å². The fourth-order valence-corrected chi connectivity index (χ4v) is 3.40. The highest BCUT2D eigenvalue weighted by Crippen LogP contribution is 2.28. The van der Waals surface area contributed by atoms with Crippen LogP contribution in [0.2, 0.25) is 0 Å². The van der Waals surface area contributed by atoms with Crippen molar-refractivity contribution in [3.63, 3.8) is 0 Å². The average molecular weight is 394 g/mol. The van der Waals surface area contributed by atoms with Gasteiger partial charge in [0, 0.05) is 11.6 Å². The van der Waals surface area contributed by atoms with E-state index in [4.69, 9.17) is 14.2 Å². The predicted octanol–water partition coefficient (Wildman–Crippen LogP) is 4.41. The third kappa shape index (κ3) is 5.47. The lowest BCUT2D eigenvalue weighted by atomic mass is 9.90. The molecule has 5 nitrogen and oxygen atoms in total. The van der Waals surface area contributed by atoms with Crippen LogP contribution in [0.3, 0.4) is 0 Å². The second-order valence-electron chi connectivity index (χ2n) is 6.90. The van der Waals surface area contributed by atoms with Gasteiger partial charge in [0.2, 0.25) is 0 Å². The number of ether oxygens (including phenoxy) is 3. The molecule has 1 aliphatic rings. The molecule has 0 bridgehead atoms. The van der Waals surface area contributed by atoms with Gasteiger partial charge in [-0.3, -0.25) is 4.79 Å². The average Bonchev–Trinajstić information content (AvgIpc) is 2.76. The first-order chi connectivity index (χ1) is 14.1. The lowest BCUT2D eigenvalue weighted by Gasteiger charge is -2.16. The Labute approximate surface area is 171 Å². The van der Waals surface area contributed by atoms with Gasteiger partial charge in [-0.15, -0.1) is 0 Å². The Balaban J connectivity index is 1.56. The zero-order valence-electron chi connectivity index (χ0n) is 16.9. The summed E-state index contributed by atoms with van der Waals surface area (Å²) in [5.41, 5.74) is 3.92. The predicted molar refractivity (Wildman–Crippen MR) is 112 cm³/mol. The molecule has 2 aromatic rings. The number of Topliss-reactive ketones (excluding diaryl/α,β-unsaturated/α-hetero) is 1. The number of fused-ring (bicyclic) bond motifs is 1. The molecule has 0 N–H and O–H groups in total. The van der Waals surface area contributed by atoms with Gasteiger partial charge in [-0.25, -0.2) is 4.79 Å². The Morgan fingerprint density at radius 2 is 1.79 bits per heavy atom. The van der Waals surface area contributed by atoms with E-state index in [1.807, 2.05) is 31.2 Å². The molecule has 0 amide bonds. The summed E-state index contributed by atoms with van der Waals surface area (Å²) in [4.78, 5) is 24.4. The first-order valence-electron chi connectivity index (χ1n) is 9.91. The summed E-state index contributed by atoms with van der Waals surface area (Å²) in [5.74, 6) is 0.474. The van der Waals surface area contributed by atoms with Crippen molar-refractivity contribution < 1.29 is 23.8 Å². The molecule has 0 saturated heterocycles. The molecule has 0 saturated carbocycles. The minimum Gasteiger partial charge on any atom is -0.493 e. The minimum absolute atomic E-state index is 0.192. The number of carbonyl (C=O) groups is 2. The lowest BCUT2D eigenvalue weighted by molar-refractivity contribution is -0.136. The summed E-state index contributed by atoms with van der Waals surface area (Å²) >= 11 is 0. The van der Waals surface area contributed by atoms with E-state index >= 15 is 0 Å². The molecule has 0 heterocycles. The molecular weight excluding hydrogens is 368 g/mol. The van der Waals surface area contributed by atoms with Gasteiger partial charge in [0.1, 0.15) is 0 Å². The normalized spacial score (nSPS) is 13.0. The van der Waals surface area contributed by atoms with E-state index in [9.17, 15) is 9.59 Å². The Kier molecular flexibility index (Phi) is 7.06. The number of benzene rings is 2. The van der Waals surface area contributed by atoms with Gasteiger partial charge < -0.3 is 14.2 Å². The molecule has 2 aromatic carbocycles. The van der Waals surface area contributed by atoms with Crippen molar-refractivity contribution >= 4 is 17.8 Å². The van der Waals surface area contributed by atoms with Crippen LogP contribution in [0.15, 0.2) is 42.5 Å². The molecule has 0 unspecified atom stereocenters. The van der Waals surface area contributed by atoms with Crippen LogP contribution in [0.1, 0.15) is 46.8 Å². The molecule has 0 aliphatic heterocycles. The zero-order valence-corrected chi connectivity index (χ0v) is 16.9. The van der Waals surface area contributed by atoms with Crippen molar-refractivity contribution in [2.75, 3.05) is 20.3 Å². The van der Waals surface area contributed by atoms with Crippen molar-refractivity contribution in [1.82, 2.24) is 0 Å². The van der Waals surface area contributed by atoms with Crippen molar-refractivity contribution in [2.24, 2.45) is 0 Å². The maximum absolute atomic E-state index is 12.4. The Bertz CT molecular complexity index is 913. The zero-order chi connectivity index (χ0) is 20.6. The van der Waals surface area contributed by atoms with Crippen LogP contribution in [0.25, 0.3) is 6.08 Å². The van der Waals surface area contributed by atoms with E-state index in [2.05, 4.69) is 0 Å². The second kappa shape index (κ2) is 9.92. The molecule has 1 aliphatic carbocycles. The maximum atomic E-state index is 12.4. The molecule has 3 rings (SSSR count). The summed E-state index contributed by atoms with van der Waals surface area (Å²) in [7, 11) is 1.56. The van der Waals surface area contributed by atoms with E-state index < -0.39 is 5.97 Å². The second-order valence-corrected chi connectivity index (χ2v) is 6.90. The number of esters is 1. The monoisotopic (exact) mass is 394 g/mol. The third-order valence-corrected chi connectivity index (χ3v) is 4.92. The summed E-state index contributed by atoms with van der Waals surface area (Å²) in [6.45, 7) is 2.17.